The van der Waals surface area contributed by atoms with Gasteiger partial charge < -0.3 is 5.32 Å². The number of carbonyl (C=O) groups excluding carboxylic acids is 1. The molecule has 0 atom stereocenters. The van der Waals surface area contributed by atoms with E-state index < -0.39 is 0 Å². The third-order valence-electron chi connectivity index (χ3n) is 4.17. The quantitative estimate of drug-likeness (QED) is 0.778. The maximum Gasteiger partial charge on any atom is 0.272 e. The number of para-hydroxylation sites is 2. The van der Waals surface area contributed by atoms with Crippen molar-refractivity contribution >= 4 is 16.9 Å². The summed E-state index contributed by atoms with van der Waals surface area (Å²) in [7, 11) is 0. The van der Waals surface area contributed by atoms with E-state index in [4.69, 9.17) is 0 Å². The molecule has 5 heteroatoms. The highest BCUT2D eigenvalue weighted by molar-refractivity contribution is 5.80. The minimum Gasteiger partial charge on any atom is -0.354 e. The Bertz CT molecular complexity index is 959. The molecule has 0 aliphatic rings. The van der Waals surface area contributed by atoms with E-state index in [9.17, 15) is 9.59 Å². The van der Waals surface area contributed by atoms with Crippen LogP contribution in [0.3, 0.4) is 0 Å². The zero-order chi connectivity index (χ0) is 17.8. The Hall–Kier alpha value is -2.95. The summed E-state index contributed by atoms with van der Waals surface area (Å²) >= 11 is 0. The Morgan fingerprint density at radius 1 is 1.08 bits per heavy atom. The molecule has 0 spiro atoms. The molecule has 3 aromatic rings. The third kappa shape index (κ3) is 3.94. The van der Waals surface area contributed by atoms with Crippen LogP contribution < -0.4 is 10.9 Å². The zero-order valence-electron chi connectivity index (χ0n) is 14.5. The highest BCUT2D eigenvalue weighted by Crippen LogP contribution is 2.09. The Labute approximate surface area is 146 Å². The third-order valence-corrected chi connectivity index (χ3v) is 4.17. The minimum atomic E-state index is -0.229. The van der Waals surface area contributed by atoms with Gasteiger partial charge in [-0.1, -0.05) is 42.0 Å². The van der Waals surface area contributed by atoms with E-state index in [-0.39, 0.29) is 18.0 Å². The van der Waals surface area contributed by atoms with Crippen molar-refractivity contribution < 1.29 is 4.79 Å². The molecule has 1 heterocycles. The van der Waals surface area contributed by atoms with Crippen LogP contribution in [0.25, 0.3) is 11.0 Å². The average molecular weight is 335 g/mol. The molecular weight excluding hydrogens is 314 g/mol. The largest absolute Gasteiger partial charge is 0.354 e. The van der Waals surface area contributed by atoms with Crippen LogP contribution in [0.2, 0.25) is 0 Å². The number of hydrogen-bond donors (Lipinski definition) is 1. The van der Waals surface area contributed by atoms with Crippen molar-refractivity contribution in [2.75, 3.05) is 6.54 Å². The van der Waals surface area contributed by atoms with Crippen LogP contribution in [-0.2, 0) is 17.8 Å². The predicted molar refractivity (Wildman–Crippen MR) is 98.6 cm³/mol. The van der Waals surface area contributed by atoms with Gasteiger partial charge in [-0.15, -0.1) is 0 Å². The Morgan fingerprint density at radius 3 is 2.56 bits per heavy atom. The number of nitrogens with zero attached hydrogens (tertiary/aromatic N) is 2. The van der Waals surface area contributed by atoms with E-state index in [1.807, 2.05) is 31.2 Å². The number of fused-ring (bicyclic) bond motifs is 1. The number of amides is 1. The number of nitrogens with one attached hydrogen (secondary N) is 1. The lowest BCUT2D eigenvalue weighted by Crippen LogP contribution is -2.34. The molecule has 2 aromatic carbocycles. The molecule has 0 unspecified atom stereocenters. The molecule has 1 aromatic heterocycles. The molecule has 0 saturated heterocycles. The first-order chi connectivity index (χ1) is 12.0. The van der Waals surface area contributed by atoms with Gasteiger partial charge in [-0.2, -0.15) is 0 Å². The van der Waals surface area contributed by atoms with Crippen molar-refractivity contribution in [3.05, 3.63) is 75.7 Å². The second-order valence-corrected chi connectivity index (χ2v) is 6.16. The second kappa shape index (κ2) is 7.30. The summed E-state index contributed by atoms with van der Waals surface area (Å²) in [5, 5.41) is 2.89. The van der Waals surface area contributed by atoms with Crippen molar-refractivity contribution in [2.24, 2.45) is 0 Å². The zero-order valence-corrected chi connectivity index (χ0v) is 14.5. The first kappa shape index (κ1) is 16.9. The van der Waals surface area contributed by atoms with Crippen LogP contribution in [-0.4, -0.2) is 22.0 Å². The number of aryl methyl sites for hydroxylation is 2. The van der Waals surface area contributed by atoms with Gasteiger partial charge >= 0.3 is 0 Å². The lowest BCUT2D eigenvalue weighted by molar-refractivity contribution is -0.121. The molecule has 5 nitrogen and oxygen atoms in total. The molecule has 0 fully saturated rings. The second-order valence-electron chi connectivity index (χ2n) is 6.16. The highest BCUT2D eigenvalue weighted by atomic mass is 16.2. The summed E-state index contributed by atoms with van der Waals surface area (Å²) < 4.78 is 1.48. The van der Waals surface area contributed by atoms with E-state index in [0.29, 0.717) is 23.3 Å². The van der Waals surface area contributed by atoms with Crippen LogP contribution >= 0.6 is 0 Å². The fraction of sp³-hybridized carbons (Fsp3) is 0.250. The summed E-state index contributed by atoms with van der Waals surface area (Å²) in [6.07, 6.45) is 0.761. The lowest BCUT2D eigenvalue weighted by atomic mass is 10.1. The first-order valence-electron chi connectivity index (χ1n) is 8.33. The average Bonchev–Trinajstić information content (AvgIpc) is 2.60. The molecule has 128 valence electrons. The fourth-order valence-corrected chi connectivity index (χ4v) is 2.78. The van der Waals surface area contributed by atoms with Crippen LogP contribution in [0.1, 0.15) is 16.8 Å². The van der Waals surface area contributed by atoms with Crippen molar-refractivity contribution in [1.82, 2.24) is 14.9 Å². The summed E-state index contributed by atoms with van der Waals surface area (Å²) in [5.41, 5.74) is 3.94. The monoisotopic (exact) mass is 335 g/mol. The van der Waals surface area contributed by atoms with Crippen molar-refractivity contribution in [2.45, 2.75) is 26.8 Å². The van der Waals surface area contributed by atoms with Gasteiger partial charge in [0.25, 0.3) is 5.56 Å². The van der Waals surface area contributed by atoms with Gasteiger partial charge in [0.2, 0.25) is 5.91 Å². The number of aromatic nitrogens is 2. The number of hydrogen-bond acceptors (Lipinski definition) is 3. The fourth-order valence-electron chi connectivity index (χ4n) is 2.78. The van der Waals surface area contributed by atoms with E-state index in [2.05, 4.69) is 34.6 Å². The van der Waals surface area contributed by atoms with Gasteiger partial charge in [0.15, 0.2) is 0 Å². The summed E-state index contributed by atoms with van der Waals surface area (Å²) in [4.78, 5) is 28.9. The molecule has 3 rings (SSSR count). The molecule has 1 N–H and O–H groups in total. The SMILES string of the molecule is Cc1ccc(CCNC(=O)Cn2c(=O)c(C)nc3ccccc32)cc1. The summed E-state index contributed by atoms with van der Waals surface area (Å²) in [5.74, 6) is -0.176. The highest BCUT2D eigenvalue weighted by Gasteiger charge is 2.11. The molecule has 0 aliphatic carbocycles. The van der Waals surface area contributed by atoms with Crippen molar-refractivity contribution in [3.63, 3.8) is 0 Å². The van der Waals surface area contributed by atoms with Crippen LogP contribution in [0, 0.1) is 13.8 Å². The van der Waals surface area contributed by atoms with Crippen LogP contribution in [0.15, 0.2) is 53.3 Å². The molecule has 0 radical (unpaired) electrons. The molecular formula is C20H21N3O2. The summed E-state index contributed by atoms with van der Waals surface area (Å²) in [6.45, 7) is 4.25. The van der Waals surface area contributed by atoms with Gasteiger partial charge in [0.05, 0.1) is 11.0 Å². The van der Waals surface area contributed by atoms with Gasteiger partial charge in [-0.05, 0) is 38.0 Å². The Kier molecular flexibility index (Phi) is 4.93. The normalized spacial score (nSPS) is 10.8. The first-order valence-corrected chi connectivity index (χ1v) is 8.33. The van der Waals surface area contributed by atoms with E-state index >= 15 is 0 Å². The molecule has 25 heavy (non-hydrogen) atoms. The van der Waals surface area contributed by atoms with Crippen molar-refractivity contribution in [3.8, 4) is 0 Å². The maximum atomic E-state index is 12.4. The van der Waals surface area contributed by atoms with Gasteiger partial charge in [0.1, 0.15) is 12.2 Å². The lowest BCUT2D eigenvalue weighted by Gasteiger charge is -2.11. The molecule has 0 saturated carbocycles. The van der Waals surface area contributed by atoms with E-state index in [1.165, 1.54) is 15.7 Å². The van der Waals surface area contributed by atoms with Crippen molar-refractivity contribution in [1.29, 1.82) is 0 Å². The van der Waals surface area contributed by atoms with Gasteiger partial charge in [-0.3, -0.25) is 14.2 Å². The summed E-state index contributed by atoms with van der Waals surface area (Å²) in [6, 6.07) is 15.6. The number of carbonyl (C=O) groups is 1. The maximum absolute atomic E-state index is 12.4. The van der Waals surface area contributed by atoms with Crippen LogP contribution in [0.5, 0.6) is 0 Å². The minimum absolute atomic E-state index is 0.00337. The molecule has 0 bridgehead atoms. The number of rotatable bonds is 5. The molecule has 1 amide bonds. The topological polar surface area (TPSA) is 64.0 Å². The van der Waals surface area contributed by atoms with E-state index in [1.54, 1.807) is 6.92 Å². The van der Waals surface area contributed by atoms with E-state index in [0.717, 1.165) is 6.42 Å². The predicted octanol–water partition coefficient (Wildman–Crippen LogP) is 2.37. The van der Waals surface area contributed by atoms with Crippen LogP contribution in [0.4, 0.5) is 0 Å². The Balaban J connectivity index is 1.69. The Morgan fingerprint density at radius 2 is 1.80 bits per heavy atom. The standard InChI is InChI=1S/C20H21N3O2/c1-14-7-9-16(10-8-14)11-12-21-19(24)13-23-18-6-4-3-5-17(18)22-15(2)20(23)25/h3-10H,11-13H2,1-2H3,(H,21,24). The van der Waals surface area contributed by atoms with Gasteiger partial charge in [-0.25, -0.2) is 4.98 Å². The number of benzene rings is 2. The van der Waals surface area contributed by atoms with Gasteiger partial charge in [0, 0.05) is 6.54 Å². The molecule has 0 aliphatic heterocycles. The smallest absolute Gasteiger partial charge is 0.272 e.